The number of carbonyl (C=O) groups is 1. The molecule has 80 valence electrons. The van der Waals surface area contributed by atoms with Gasteiger partial charge in [0.15, 0.2) is 0 Å². The van der Waals surface area contributed by atoms with Crippen molar-refractivity contribution < 1.29 is 13.6 Å². The summed E-state index contributed by atoms with van der Waals surface area (Å²) < 4.78 is 26.8. The van der Waals surface area contributed by atoms with E-state index in [9.17, 15) is 13.6 Å². The Morgan fingerprint density at radius 3 is 2.60 bits per heavy atom. The van der Waals surface area contributed by atoms with Crippen LogP contribution >= 0.6 is 0 Å². The quantitative estimate of drug-likeness (QED) is 0.696. The maximum Gasteiger partial charge on any atom is 0.331 e. The lowest BCUT2D eigenvalue weighted by molar-refractivity contribution is -0.141. The van der Waals surface area contributed by atoms with E-state index in [2.05, 4.69) is 0 Å². The Bertz CT molecular complexity index is 422. The second-order valence-electron chi connectivity index (χ2n) is 4.25. The van der Waals surface area contributed by atoms with Gasteiger partial charge in [0.2, 0.25) is 5.78 Å². The highest BCUT2D eigenvalue weighted by Crippen LogP contribution is 2.40. The first-order valence-corrected chi connectivity index (χ1v) is 4.97. The average Bonchev–Trinajstić information content (AvgIpc) is 2.38. The number of ketones is 1. The number of carbonyl (C=O) groups excluding carboxylic acids is 1. The molecular weight excluding hydrogens is 198 g/mol. The monoisotopic (exact) mass is 210 g/mol. The standard InChI is InChI=1S/C12H12F2O/c1-7(2)8-3-4-9-6-11(15)12(13,14)10(9)5-8/h3-5,7H,6H2,1-2H3. The van der Waals surface area contributed by atoms with Crippen molar-refractivity contribution in [2.75, 3.05) is 0 Å². The van der Waals surface area contributed by atoms with Gasteiger partial charge >= 0.3 is 5.92 Å². The van der Waals surface area contributed by atoms with Gasteiger partial charge in [0.25, 0.3) is 0 Å². The topological polar surface area (TPSA) is 17.1 Å². The lowest BCUT2D eigenvalue weighted by Gasteiger charge is -2.11. The predicted molar refractivity (Wildman–Crippen MR) is 53.1 cm³/mol. The molecule has 0 amide bonds. The zero-order chi connectivity index (χ0) is 11.2. The van der Waals surface area contributed by atoms with Crippen molar-refractivity contribution in [1.82, 2.24) is 0 Å². The van der Waals surface area contributed by atoms with Crippen LogP contribution in [0.15, 0.2) is 18.2 Å². The van der Waals surface area contributed by atoms with E-state index in [0.717, 1.165) is 5.56 Å². The number of fused-ring (bicyclic) bond motifs is 1. The van der Waals surface area contributed by atoms with Gasteiger partial charge in [0, 0.05) is 12.0 Å². The van der Waals surface area contributed by atoms with Crippen molar-refractivity contribution in [3.05, 3.63) is 34.9 Å². The molecule has 0 saturated carbocycles. The van der Waals surface area contributed by atoms with Gasteiger partial charge in [-0.25, -0.2) is 0 Å². The van der Waals surface area contributed by atoms with Crippen LogP contribution in [0.1, 0.15) is 36.5 Å². The molecule has 15 heavy (non-hydrogen) atoms. The minimum Gasteiger partial charge on any atom is -0.292 e. The van der Waals surface area contributed by atoms with E-state index in [1.54, 1.807) is 6.07 Å². The van der Waals surface area contributed by atoms with E-state index in [1.807, 2.05) is 19.9 Å². The zero-order valence-electron chi connectivity index (χ0n) is 8.68. The molecule has 2 rings (SSSR count). The SMILES string of the molecule is CC(C)c1ccc2c(c1)C(F)(F)C(=O)C2. The Labute approximate surface area is 87.1 Å². The highest BCUT2D eigenvalue weighted by atomic mass is 19.3. The Kier molecular flexibility index (Phi) is 2.14. The molecular formula is C12H12F2O. The largest absolute Gasteiger partial charge is 0.331 e. The smallest absolute Gasteiger partial charge is 0.292 e. The number of alkyl halides is 2. The second-order valence-corrected chi connectivity index (χ2v) is 4.25. The third-order valence-electron chi connectivity index (χ3n) is 2.84. The minimum absolute atomic E-state index is 0.0984. The summed E-state index contributed by atoms with van der Waals surface area (Å²) in [6, 6.07) is 4.92. The number of hydrogen-bond donors (Lipinski definition) is 0. The van der Waals surface area contributed by atoms with Gasteiger partial charge in [-0.2, -0.15) is 8.78 Å². The Balaban J connectivity index is 2.55. The lowest BCUT2D eigenvalue weighted by atomic mass is 9.98. The predicted octanol–water partition coefficient (Wildman–Crippen LogP) is 3.03. The van der Waals surface area contributed by atoms with Crippen molar-refractivity contribution in [2.45, 2.75) is 32.1 Å². The zero-order valence-corrected chi connectivity index (χ0v) is 8.68. The van der Waals surface area contributed by atoms with E-state index in [4.69, 9.17) is 0 Å². The Morgan fingerprint density at radius 2 is 2.00 bits per heavy atom. The summed E-state index contributed by atoms with van der Waals surface area (Å²) >= 11 is 0. The molecule has 0 unspecified atom stereocenters. The third-order valence-corrected chi connectivity index (χ3v) is 2.84. The van der Waals surface area contributed by atoms with Crippen molar-refractivity contribution in [3.63, 3.8) is 0 Å². The molecule has 0 aliphatic heterocycles. The van der Waals surface area contributed by atoms with Crippen LogP contribution in [-0.4, -0.2) is 5.78 Å². The molecule has 3 heteroatoms. The first-order chi connectivity index (χ1) is 6.93. The summed E-state index contributed by atoms with van der Waals surface area (Å²) in [6.07, 6.45) is -0.138. The minimum atomic E-state index is -3.28. The third kappa shape index (κ3) is 1.46. The number of rotatable bonds is 1. The number of hydrogen-bond acceptors (Lipinski definition) is 1. The van der Waals surface area contributed by atoms with Crippen LogP contribution in [0.5, 0.6) is 0 Å². The molecule has 0 atom stereocenters. The first-order valence-electron chi connectivity index (χ1n) is 4.97. The number of benzene rings is 1. The first kappa shape index (κ1) is 10.3. The van der Waals surface area contributed by atoms with Gasteiger partial charge < -0.3 is 0 Å². The molecule has 1 aromatic rings. The molecule has 1 aliphatic rings. The molecule has 0 radical (unpaired) electrons. The van der Waals surface area contributed by atoms with Crippen LogP contribution in [0.4, 0.5) is 8.78 Å². The maximum atomic E-state index is 13.4. The van der Waals surface area contributed by atoms with Crippen molar-refractivity contribution in [2.24, 2.45) is 0 Å². The van der Waals surface area contributed by atoms with Gasteiger partial charge in [0.1, 0.15) is 0 Å². The van der Waals surface area contributed by atoms with Crippen LogP contribution in [0.25, 0.3) is 0 Å². The van der Waals surface area contributed by atoms with Crippen LogP contribution in [0.2, 0.25) is 0 Å². The van der Waals surface area contributed by atoms with E-state index in [0.29, 0.717) is 5.56 Å². The Hall–Kier alpha value is -1.25. The van der Waals surface area contributed by atoms with Crippen molar-refractivity contribution >= 4 is 5.78 Å². The molecule has 0 bridgehead atoms. The van der Waals surface area contributed by atoms with Gasteiger partial charge in [-0.1, -0.05) is 26.0 Å². The van der Waals surface area contributed by atoms with E-state index in [-0.39, 0.29) is 17.9 Å². The van der Waals surface area contributed by atoms with Crippen molar-refractivity contribution in [3.8, 4) is 0 Å². The van der Waals surface area contributed by atoms with E-state index >= 15 is 0 Å². The average molecular weight is 210 g/mol. The van der Waals surface area contributed by atoms with Crippen molar-refractivity contribution in [1.29, 1.82) is 0 Å². The highest BCUT2D eigenvalue weighted by Gasteiger charge is 2.47. The summed E-state index contributed by atoms with van der Waals surface area (Å²) in [4.78, 5) is 11.1. The summed E-state index contributed by atoms with van der Waals surface area (Å²) in [6.45, 7) is 3.88. The van der Waals surface area contributed by atoms with Crippen LogP contribution in [-0.2, 0) is 17.1 Å². The molecule has 0 aromatic heterocycles. The maximum absolute atomic E-state index is 13.4. The summed E-state index contributed by atoms with van der Waals surface area (Å²) in [5.41, 5.74) is 1.22. The van der Waals surface area contributed by atoms with Gasteiger partial charge in [-0.3, -0.25) is 4.79 Å². The fourth-order valence-corrected chi connectivity index (χ4v) is 1.83. The molecule has 1 nitrogen and oxygen atoms in total. The van der Waals surface area contributed by atoms with Crippen LogP contribution < -0.4 is 0 Å². The van der Waals surface area contributed by atoms with Crippen LogP contribution in [0, 0.1) is 0 Å². The fourth-order valence-electron chi connectivity index (χ4n) is 1.83. The molecule has 0 spiro atoms. The highest BCUT2D eigenvalue weighted by molar-refractivity contribution is 5.93. The number of Topliss-reactive ketones (excluding diaryl/α,β-unsaturated/α-hetero) is 1. The molecule has 0 saturated heterocycles. The molecule has 0 fully saturated rings. The second kappa shape index (κ2) is 3.12. The van der Waals surface area contributed by atoms with Gasteiger partial charge in [-0.05, 0) is 23.1 Å². The molecule has 0 heterocycles. The summed E-state index contributed by atoms with van der Waals surface area (Å²) in [5, 5.41) is 0. The summed E-state index contributed by atoms with van der Waals surface area (Å²) in [5.74, 6) is -4.07. The molecule has 0 N–H and O–H groups in total. The van der Waals surface area contributed by atoms with Crippen LogP contribution in [0.3, 0.4) is 0 Å². The number of halogens is 2. The van der Waals surface area contributed by atoms with Gasteiger partial charge in [0.05, 0.1) is 0 Å². The van der Waals surface area contributed by atoms with E-state index < -0.39 is 11.7 Å². The van der Waals surface area contributed by atoms with Gasteiger partial charge in [-0.15, -0.1) is 0 Å². The fraction of sp³-hybridized carbons (Fsp3) is 0.417. The lowest BCUT2D eigenvalue weighted by Crippen LogP contribution is -2.20. The molecule has 1 aliphatic carbocycles. The summed E-state index contributed by atoms with van der Waals surface area (Å²) in [7, 11) is 0. The Morgan fingerprint density at radius 1 is 1.33 bits per heavy atom. The van der Waals surface area contributed by atoms with E-state index in [1.165, 1.54) is 6.07 Å². The normalized spacial score (nSPS) is 18.3. The molecule has 1 aromatic carbocycles.